The molecule has 2 aromatic rings. The number of aryl methyl sites for hydroxylation is 1. The molecule has 0 saturated heterocycles. The van der Waals surface area contributed by atoms with Crippen LogP contribution in [0.3, 0.4) is 0 Å². The molecule has 0 heterocycles. The van der Waals surface area contributed by atoms with Crippen molar-refractivity contribution in [1.29, 1.82) is 0 Å². The molecule has 0 bridgehead atoms. The van der Waals surface area contributed by atoms with Gasteiger partial charge in [0.05, 0.1) is 0 Å². The fourth-order valence-corrected chi connectivity index (χ4v) is 1.87. The number of rotatable bonds is 7. The van der Waals surface area contributed by atoms with E-state index in [0.717, 1.165) is 5.56 Å². The third kappa shape index (κ3) is 4.98. The van der Waals surface area contributed by atoms with Crippen LogP contribution in [0.25, 0.3) is 0 Å². The van der Waals surface area contributed by atoms with Gasteiger partial charge in [-0.1, -0.05) is 30.9 Å². The standard InChI is InChI=1S/C18H19NO3/c1-3-10-21-17-9-5-7-15(12-17)19-18(20)13-22-16-8-4-6-14(2)11-16/h3-9,11-12H,1,10,13H2,2H3,(H,19,20). The van der Waals surface area contributed by atoms with Gasteiger partial charge in [0.1, 0.15) is 18.1 Å². The summed E-state index contributed by atoms with van der Waals surface area (Å²) in [7, 11) is 0. The maximum Gasteiger partial charge on any atom is 0.262 e. The van der Waals surface area contributed by atoms with E-state index in [1.807, 2.05) is 43.3 Å². The van der Waals surface area contributed by atoms with E-state index in [4.69, 9.17) is 9.47 Å². The summed E-state index contributed by atoms with van der Waals surface area (Å²) in [6.45, 7) is 5.95. The van der Waals surface area contributed by atoms with Crippen molar-refractivity contribution < 1.29 is 14.3 Å². The predicted octanol–water partition coefficient (Wildman–Crippen LogP) is 3.58. The van der Waals surface area contributed by atoms with Crippen molar-refractivity contribution >= 4 is 11.6 Å². The molecule has 0 atom stereocenters. The van der Waals surface area contributed by atoms with Crippen molar-refractivity contribution in [3.63, 3.8) is 0 Å². The topological polar surface area (TPSA) is 47.6 Å². The van der Waals surface area contributed by atoms with Crippen LogP contribution in [0.4, 0.5) is 5.69 Å². The number of hydrogen-bond acceptors (Lipinski definition) is 3. The molecule has 0 aliphatic heterocycles. The zero-order chi connectivity index (χ0) is 15.8. The fourth-order valence-electron chi connectivity index (χ4n) is 1.87. The molecular weight excluding hydrogens is 278 g/mol. The minimum Gasteiger partial charge on any atom is -0.489 e. The third-order valence-corrected chi connectivity index (χ3v) is 2.85. The van der Waals surface area contributed by atoms with Crippen LogP contribution >= 0.6 is 0 Å². The number of ether oxygens (including phenoxy) is 2. The fraction of sp³-hybridized carbons (Fsp3) is 0.167. The van der Waals surface area contributed by atoms with E-state index in [2.05, 4.69) is 11.9 Å². The molecule has 0 aliphatic rings. The molecule has 0 saturated carbocycles. The maximum atomic E-state index is 11.9. The van der Waals surface area contributed by atoms with Gasteiger partial charge in [0.25, 0.3) is 5.91 Å². The van der Waals surface area contributed by atoms with Crippen LogP contribution < -0.4 is 14.8 Å². The van der Waals surface area contributed by atoms with Crippen LogP contribution in [-0.4, -0.2) is 19.1 Å². The number of carbonyl (C=O) groups excluding carboxylic acids is 1. The summed E-state index contributed by atoms with van der Waals surface area (Å²) in [5.74, 6) is 1.14. The van der Waals surface area contributed by atoms with E-state index in [-0.39, 0.29) is 12.5 Å². The van der Waals surface area contributed by atoms with Gasteiger partial charge in [0.15, 0.2) is 6.61 Å². The summed E-state index contributed by atoms with van der Waals surface area (Å²) in [4.78, 5) is 11.9. The summed E-state index contributed by atoms with van der Waals surface area (Å²) >= 11 is 0. The molecule has 2 rings (SSSR count). The lowest BCUT2D eigenvalue weighted by Crippen LogP contribution is -2.20. The zero-order valence-corrected chi connectivity index (χ0v) is 12.5. The Morgan fingerprint density at radius 3 is 2.59 bits per heavy atom. The Morgan fingerprint density at radius 2 is 1.86 bits per heavy atom. The summed E-state index contributed by atoms with van der Waals surface area (Å²) in [6, 6.07) is 14.8. The maximum absolute atomic E-state index is 11.9. The number of carbonyl (C=O) groups is 1. The van der Waals surface area contributed by atoms with Gasteiger partial charge >= 0.3 is 0 Å². The first kappa shape index (κ1) is 15.6. The number of hydrogen-bond donors (Lipinski definition) is 1. The highest BCUT2D eigenvalue weighted by atomic mass is 16.5. The van der Waals surface area contributed by atoms with Gasteiger partial charge < -0.3 is 14.8 Å². The quantitative estimate of drug-likeness (QED) is 0.795. The highest BCUT2D eigenvalue weighted by Crippen LogP contribution is 2.17. The number of amides is 1. The van der Waals surface area contributed by atoms with Gasteiger partial charge in [0, 0.05) is 11.8 Å². The molecule has 22 heavy (non-hydrogen) atoms. The number of nitrogens with one attached hydrogen (secondary N) is 1. The van der Waals surface area contributed by atoms with Crippen LogP contribution in [0.15, 0.2) is 61.2 Å². The lowest BCUT2D eigenvalue weighted by molar-refractivity contribution is -0.118. The third-order valence-electron chi connectivity index (χ3n) is 2.85. The highest BCUT2D eigenvalue weighted by Gasteiger charge is 2.05. The monoisotopic (exact) mass is 297 g/mol. The SMILES string of the molecule is C=CCOc1cccc(NC(=O)COc2cccc(C)c2)c1. The molecular formula is C18H19NO3. The van der Waals surface area contributed by atoms with Crippen LogP contribution in [0, 0.1) is 6.92 Å². The van der Waals surface area contributed by atoms with Crippen LogP contribution in [0.1, 0.15) is 5.56 Å². The summed E-state index contributed by atoms with van der Waals surface area (Å²) in [5, 5.41) is 2.77. The van der Waals surface area contributed by atoms with Gasteiger partial charge in [-0.2, -0.15) is 0 Å². The van der Waals surface area contributed by atoms with Crippen molar-refractivity contribution in [3.8, 4) is 11.5 Å². The molecule has 1 N–H and O–H groups in total. The molecule has 0 aliphatic carbocycles. The average Bonchev–Trinajstić information content (AvgIpc) is 2.51. The van der Waals surface area contributed by atoms with Gasteiger partial charge in [-0.3, -0.25) is 4.79 Å². The van der Waals surface area contributed by atoms with Gasteiger partial charge in [0.2, 0.25) is 0 Å². The molecule has 0 radical (unpaired) electrons. The molecule has 1 amide bonds. The second-order valence-electron chi connectivity index (χ2n) is 4.78. The van der Waals surface area contributed by atoms with Crippen molar-refractivity contribution in [2.24, 2.45) is 0 Å². The molecule has 2 aromatic carbocycles. The molecule has 0 spiro atoms. The Balaban J connectivity index is 1.87. The van der Waals surface area contributed by atoms with Crippen molar-refractivity contribution in [2.75, 3.05) is 18.5 Å². The Labute approximate surface area is 130 Å². The Hall–Kier alpha value is -2.75. The predicted molar refractivity (Wildman–Crippen MR) is 87.4 cm³/mol. The van der Waals surface area contributed by atoms with Crippen molar-refractivity contribution in [1.82, 2.24) is 0 Å². The van der Waals surface area contributed by atoms with Gasteiger partial charge in [-0.25, -0.2) is 0 Å². The molecule has 0 unspecified atom stereocenters. The van der Waals surface area contributed by atoms with Crippen LogP contribution in [0.2, 0.25) is 0 Å². The summed E-state index contributed by atoms with van der Waals surface area (Å²) in [5.41, 5.74) is 1.75. The molecule has 4 heteroatoms. The van der Waals surface area contributed by atoms with Gasteiger partial charge in [-0.05, 0) is 36.8 Å². The van der Waals surface area contributed by atoms with Crippen LogP contribution in [0.5, 0.6) is 11.5 Å². The summed E-state index contributed by atoms with van der Waals surface area (Å²) in [6.07, 6.45) is 1.67. The Bertz CT molecular complexity index is 652. The normalized spacial score (nSPS) is 9.86. The molecule has 0 fully saturated rings. The van der Waals surface area contributed by atoms with E-state index >= 15 is 0 Å². The van der Waals surface area contributed by atoms with E-state index in [1.54, 1.807) is 18.2 Å². The first-order valence-electron chi connectivity index (χ1n) is 7.00. The number of benzene rings is 2. The van der Waals surface area contributed by atoms with E-state index in [0.29, 0.717) is 23.8 Å². The first-order valence-corrected chi connectivity index (χ1v) is 7.00. The van der Waals surface area contributed by atoms with Crippen molar-refractivity contribution in [3.05, 3.63) is 66.7 Å². The largest absolute Gasteiger partial charge is 0.489 e. The lowest BCUT2D eigenvalue weighted by Gasteiger charge is -2.09. The van der Waals surface area contributed by atoms with E-state index < -0.39 is 0 Å². The first-order chi connectivity index (χ1) is 10.7. The molecule has 4 nitrogen and oxygen atoms in total. The van der Waals surface area contributed by atoms with E-state index in [9.17, 15) is 4.79 Å². The van der Waals surface area contributed by atoms with Crippen LogP contribution in [-0.2, 0) is 4.79 Å². The minimum absolute atomic E-state index is 0.0405. The summed E-state index contributed by atoms with van der Waals surface area (Å²) < 4.78 is 10.9. The zero-order valence-electron chi connectivity index (χ0n) is 12.5. The molecule has 0 aromatic heterocycles. The Kier molecular flexibility index (Phi) is 5.60. The smallest absolute Gasteiger partial charge is 0.262 e. The van der Waals surface area contributed by atoms with Crippen molar-refractivity contribution in [2.45, 2.75) is 6.92 Å². The van der Waals surface area contributed by atoms with E-state index in [1.165, 1.54) is 0 Å². The second-order valence-corrected chi connectivity index (χ2v) is 4.78. The lowest BCUT2D eigenvalue weighted by atomic mass is 10.2. The second kappa shape index (κ2) is 7.88. The minimum atomic E-state index is -0.220. The highest BCUT2D eigenvalue weighted by molar-refractivity contribution is 5.92. The number of anilines is 1. The Morgan fingerprint density at radius 1 is 1.14 bits per heavy atom. The van der Waals surface area contributed by atoms with Gasteiger partial charge in [-0.15, -0.1) is 0 Å². The molecule has 114 valence electrons. The average molecular weight is 297 g/mol.